The highest BCUT2D eigenvalue weighted by atomic mass is 16.5. The zero-order valence-electron chi connectivity index (χ0n) is 9.77. The number of carboxylic acids is 1. The van der Waals surface area contributed by atoms with Crippen LogP contribution < -0.4 is 5.73 Å². The van der Waals surface area contributed by atoms with Gasteiger partial charge in [0.2, 0.25) is 0 Å². The van der Waals surface area contributed by atoms with Gasteiger partial charge in [0, 0.05) is 0 Å². The van der Waals surface area contributed by atoms with Gasteiger partial charge in [0.15, 0.2) is 0 Å². The molecule has 0 radical (unpaired) electrons. The fourth-order valence-corrected chi connectivity index (χ4v) is 1.53. The molecule has 92 valence electrons. The number of aryl methyl sites for hydroxylation is 1. The maximum absolute atomic E-state index is 11.3. The molecule has 3 N–H and O–H groups in total. The van der Waals surface area contributed by atoms with Crippen molar-refractivity contribution in [3.8, 4) is 0 Å². The number of nitrogens with two attached hydrogens (primary N) is 1. The van der Waals surface area contributed by atoms with E-state index in [4.69, 9.17) is 10.8 Å². The van der Waals surface area contributed by atoms with Crippen LogP contribution >= 0.6 is 0 Å². The minimum absolute atomic E-state index is 0.234. The Balaban J connectivity index is 2.89. The van der Waals surface area contributed by atoms with Gasteiger partial charge in [0.1, 0.15) is 6.04 Å². The highest BCUT2D eigenvalue weighted by Crippen LogP contribution is 2.13. The molecule has 0 aliphatic carbocycles. The molecule has 17 heavy (non-hydrogen) atoms. The van der Waals surface area contributed by atoms with Gasteiger partial charge in [-0.2, -0.15) is 0 Å². The van der Waals surface area contributed by atoms with E-state index in [1.807, 2.05) is 0 Å². The number of hydrogen-bond acceptors (Lipinski definition) is 4. The van der Waals surface area contributed by atoms with E-state index in [2.05, 4.69) is 4.74 Å². The predicted molar refractivity (Wildman–Crippen MR) is 61.8 cm³/mol. The van der Waals surface area contributed by atoms with E-state index in [1.165, 1.54) is 7.11 Å². The van der Waals surface area contributed by atoms with E-state index in [9.17, 15) is 9.59 Å². The largest absolute Gasteiger partial charge is 0.480 e. The zero-order valence-corrected chi connectivity index (χ0v) is 9.77. The van der Waals surface area contributed by atoms with Crippen molar-refractivity contribution in [1.29, 1.82) is 0 Å². The standard InChI is InChI=1S/C12H15NO4/c1-7-5-8(6-10(13)11(14)15)3-4-9(7)12(16)17-2/h3-5,10H,6,13H2,1-2H3,(H,14,15). The first-order chi connectivity index (χ1) is 7.95. The van der Waals surface area contributed by atoms with Crippen molar-refractivity contribution in [2.75, 3.05) is 7.11 Å². The molecule has 5 nitrogen and oxygen atoms in total. The minimum Gasteiger partial charge on any atom is -0.480 e. The predicted octanol–water partition coefficient (Wildman–Crippen LogP) is 0.736. The number of rotatable bonds is 4. The maximum Gasteiger partial charge on any atom is 0.338 e. The van der Waals surface area contributed by atoms with Gasteiger partial charge in [0.25, 0.3) is 0 Å². The van der Waals surface area contributed by atoms with Gasteiger partial charge in [-0.1, -0.05) is 12.1 Å². The van der Waals surface area contributed by atoms with Gasteiger partial charge in [0.05, 0.1) is 12.7 Å². The molecule has 0 fully saturated rings. The van der Waals surface area contributed by atoms with Gasteiger partial charge in [-0.25, -0.2) is 4.79 Å². The first-order valence-corrected chi connectivity index (χ1v) is 5.12. The van der Waals surface area contributed by atoms with Crippen molar-refractivity contribution in [3.05, 3.63) is 34.9 Å². The van der Waals surface area contributed by atoms with E-state index in [0.29, 0.717) is 5.56 Å². The fraction of sp³-hybridized carbons (Fsp3) is 0.333. The Labute approximate surface area is 99.2 Å². The van der Waals surface area contributed by atoms with Crippen molar-refractivity contribution < 1.29 is 19.4 Å². The summed E-state index contributed by atoms with van der Waals surface area (Å²) in [5.74, 6) is -1.45. The Morgan fingerprint density at radius 2 is 2.12 bits per heavy atom. The summed E-state index contributed by atoms with van der Waals surface area (Å²) in [4.78, 5) is 21.9. The number of carboxylic acid groups (broad SMARTS) is 1. The number of carbonyl (C=O) groups is 2. The quantitative estimate of drug-likeness (QED) is 0.754. The molecule has 1 aromatic rings. The number of esters is 1. The molecule has 0 saturated carbocycles. The molecule has 1 atom stereocenters. The summed E-state index contributed by atoms with van der Waals surface area (Å²) in [6.45, 7) is 1.77. The summed E-state index contributed by atoms with van der Waals surface area (Å²) in [5, 5.41) is 8.69. The van der Waals surface area contributed by atoms with Crippen LogP contribution in [0.25, 0.3) is 0 Å². The average molecular weight is 237 g/mol. The summed E-state index contributed by atoms with van der Waals surface area (Å²) in [6.07, 6.45) is 0.234. The number of methoxy groups -OCH3 is 1. The molecule has 0 aliphatic rings. The monoisotopic (exact) mass is 237 g/mol. The van der Waals surface area contributed by atoms with Crippen molar-refractivity contribution in [1.82, 2.24) is 0 Å². The van der Waals surface area contributed by atoms with Crippen LogP contribution in [0.5, 0.6) is 0 Å². The summed E-state index contributed by atoms with van der Waals surface area (Å²) < 4.78 is 4.62. The minimum atomic E-state index is -1.04. The van der Waals surface area contributed by atoms with E-state index in [0.717, 1.165) is 11.1 Å². The molecule has 0 aromatic heterocycles. The molecule has 0 amide bonds. The number of carbonyl (C=O) groups excluding carboxylic acids is 1. The number of benzene rings is 1. The molecule has 1 unspecified atom stereocenters. The Kier molecular flexibility index (Phi) is 4.23. The van der Waals surface area contributed by atoms with Gasteiger partial charge >= 0.3 is 11.9 Å². The smallest absolute Gasteiger partial charge is 0.338 e. The van der Waals surface area contributed by atoms with Gasteiger partial charge < -0.3 is 15.6 Å². The summed E-state index contributed by atoms with van der Waals surface area (Å²) in [5.41, 5.74) is 7.43. The van der Waals surface area contributed by atoms with Crippen LogP contribution in [0.1, 0.15) is 21.5 Å². The SMILES string of the molecule is COC(=O)c1ccc(CC(N)C(=O)O)cc1C. The van der Waals surface area contributed by atoms with Crippen LogP contribution in [-0.4, -0.2) is 30.2 Å². The zero-order chi connectivity index (χ0) is 13.0. The third kappa shape index (κ3) is 3.29. The summed E-state index contributed by atoms with van der Waals surface area (Å²) >= 11 is 0. The Morgan fingerprint density at radius 1 is 1.47 bits per heavy atom. The van der Waals surface area contributed by atoms with Crippen molar-refractivity contribution in [3.63, 3.8) is 0 Å². The lowest BCUT2D eigenvalue weighted by molar-refractivity contribution is -0.138. The summed E-state index contributed by atoms with van der Waals surface area (Å²) in [6, 6.07) is 4.11. The molecular weight excluding hydrogens is 222 g/mol. The first-order valence-electron chi connectivity index (χ1n) is 5.12. The molecule has 5 heteroatoms. The summed E-state index contributed by atoms with van der Waals surface area (Å²) in [7, 11) is 1.32. The van der Waals surface area contributed by atoms with Crippen molar-refractivity contribution in [2.45, 2.75) is 19.4 Å². The van der Waals surface area contributed by atoms with E-state index >= 15 is 0 Å². The molecule has 0 aliphatic heterocycles. The third-order valence-corrected chi connectivity index (χ3v) is 2.47. The van der Waals surface area contributed by atoms with Gasteiger partial charge in [-0.05, 0) is 30.5 Å². The van der Waals surface area contributed by atoms with E-state index in [1.54, 1.807) is 25.1 Å². The Morgan fingerprint density at radius 3 is 2.59 bits per heavy atom. The molecule has 0 heterocycles. The molecule has 0 bridgehead atoms. The number of ether oxygens (including phenoxy) is 1. The normalized spacial score (nSPS) is 11.9. The molecule has 0 saturated heterocycles. The molecule has 0 spiro atoms. The molecular formula is C12H15NO4. The topological polar surface area (TPSA) is 89.6 Å². The van der Waals surface area contributed by atoms with E-state index in [-0.39, 0.29) is 6.42 Å². The second kappa shape index (κ2) is 5.45. The lowest BCUT2D eigenvalue weighted by Crippen LogP contribution is -2.32. The lowest BCUT2D eigenvalue weighted by Gasteiger charge is -2.09. The van der Waals surface area contributed by atoms with Crippen LogP contribution in [0.15, 0.2) is 18.2 Å². The van der Waals surface area contributed by atoms with Crippen molar-refractivity contribution >= 4 is 11.9 Å². The van der Waals surface area contributed by atoms with Crippen LogP contribution in [0, 0.1) is 6.92 Å². The third-order valence-electron chi connectivity index (χ3n) is 2.47. The highest BCUT2D eigenvalue weighted by Gasteiger charge is 2.14. The van der Waals surface area contributed by atoms with Gasteiger partial charge in [-0.15, -0.1) is 0 Å². The number of hydrogen-bond donors (Lipinski definition) is 2. The lowest BCUT2D eigenvalue weighted by atomic mass is 10.0. The van der Waals surface area contributed by atoms with Gasteiger partial charge in [-0.3, -0.25) is 4.79 Å². The Bertz CT molecular complexity index is 442. The van der Waals surface area contributed by atoms with Crippen molar-refractivity contribution in [2.24, 2.45) is 5.73 Å². The Hall–Kier alpha value is -1.88. The number of aliphatic carboxylic acids is 1. The van der Waals surface area contributed by atoms with Crippen LogP contribution in [0.3, 0.4) is 0 Å². The van der Waals surface area contributed by atoms with E-state index < -0.39 is 18.0 Å². The molecule has 1 aromatic carbocycles. The average Bonchev–Trinajstić information content (AvgIpc) is 2.28. The second-order valence-electron chi connectivity index (χ2n) is 3.79. The maximum atomic E-state index is 11.3. The van der Waals surface area contributed by atoms with Crippen LogP contribution in [0.2, 0.25) is 0 Å². The second-order valence-corrected chi connectivity index (χ2v) is 3.79. The molecule has 1 rings (SSSR count). The van der Waals surface area contributed by atoms with Crippen LogP contribution in [0.4, 0.5) is 0 Å². The first kappa shape index (κ1) is 13.2. The van der Waals surface area contributed by atoms with Crippen LogP contribution in [-0.2, 0) is 16.0 Å². The fourth-order valence-electron chi connectivity index (χ4n) is 1.53. The highest BCUT2D eigenvalue weighted by molar-refractivity contribution is 5.91.